The molecule has 2 aromatic heterocycles. The monoisotopic (exact) mass is 389 g/mol. The lowest BCUT2D eigenvalue weighted by molar-refractivity contribution is 0.0952. The van der Waals surface area contributed by atoms with Gasteiger partial charge in [-0.1, -0.05) is 60.2 Å². The Hall–Kier alpha value is -3.25. The molecule has 6 heteroatoms. The number of hydrogen-bond donors (Lipinski definition) is 1. The lowest BCUT2D eigenvalue weighted by Crippen LogP contribution is -2.32. The predicted molar refractivity (Wildman–Crippen MR) is 112 cm³/mol. The molecule has 4 aromatic rings. The summed E-state index contributed by atoms with van der Waals surface area (Å²) in [6.07, 6.45) is 2.07. The molecule has 0 unspecified atom stereocenters. The van der Waals surface area contributed by atoms with Gasteiger partial charge in [0.15, 0.2) is 4.96 Å². The third-order valence-corrected chi connectivity index (χ3v) is 5.42. The van der Waals surface area contributed by atoms with Crippen molar-refractivity contribution in [2.75, 3.05) is 6.54 Å². The van der Waals surface area contributed by atoms with Crippen molar-refractivity contribution in [1.29, 1.82) is 0 Å². The van der Waals surface area contributed by atoms with Crippen LogP contribution in [0, 0.1) is 6.92 Å². The van der Waals surface area contributed by atoms with E-state index in [2.05, 4.69) is 10.3 Å². The highest BCUT2D eigenvalue weighted by Crippen LogP contribution is 2.24. The molecule has 0 aliphatic heterocycles. The van der Waals surface area contributed by atoms with E-state index in [1.165, 1.54) is 21.9 Å². The molecule has 0 aliphatic carbocycles. The molecule has 0 saturated heterocycles. The molecule has 0 atom stereocenters. The van der Waals surface area contributed by atoms with E-state index in [1.807, 2.05) is 66.9 Å². The Morgan fingerprint density at radius 2 is 1.86 bits per heavy atom. The fourth-order valence-corrected chi connectivity index (χ4v) is 3.89. The number of fused-ring (bicyclic) bond motifs is 1. The highest BCUT2D eigenvalue weighted by molar-refractivity contribution is 7.15. The minimum absolute atomic E-state index is 0.0531. The van der Waals surface area contributed by atoms with Crippen LogP contribution in [-0.4, -0.2) is 21.8 Å². The van der Waals surface area contributed by atoms with Crippen LogP contribution >= 0.6 is 11.3 Å². The number of thiazole rings is 1. The zero-order valence-electron chi connectivity index (χ0n) is 15.4. The average molecular weight is 389 g/mol. The van der Waals surface area contributed by atoms with Crippen LogP contribution in [0.5, 0.6) is 0 Å². The molecule has 1 N–H and O–H groups in total. The van der Waals surface area contributed by atoms with Crippen LogP contribution in [0.2, 0.25) is 0 Å². The molecule has 2 aromatic carbocycles. The summed E-state index contributed by atoms with van der Waals surface area (Å²) in [5.41, 5.74) is 3.65. The first-order valence-corrected chi connectivity index (χ1v) is 9.90. The maximum atomic E-state index is 13.0. The Balaban J connectivity index is 1.60. The van der Waals surface area contributed by atoms with Gasteiger partial charge in [-0.2, -0.15) is 0 Å². The topological polar surface area (TPSA) is 63.5 Å². The predicted octanol–water partition coefficient (Wildman–Crippen LogP) is 3.70. The first-order chi connectivity index (χ1) is 13.6. The fraction of sp³-hybridized carbons (Fsp3) is 0.136. The van der Waals surface area contributed by atoms with Crippen LogP contribution in [0.4, 0.5) is 0 Å². The Morgan fingerprint density at radius 1 is 1.11 bits per heavy atom. The first kappa shape index (κ1) is 18.1. The molecule has 1 amide bonds. The van der Waals surface area contributed by atoms with Crippen LogP contribution < -0.4 is 10.9 Å². The molecule has 28 heavy (non-hydrogen) atoms. The van der Waals surface area contributed by atoms with E-state index in [1.54, 1.807) is 0 Å². The third kappa shape index (κ3) is 3.59. The molecular weight excluding hydrogens is 370 g/mol. The van der Waals surface area contributed by atoms with Crippen LogP contribution in [0.15, 0.2) is 71.0 Å². The Labute approximate surface area is 166 Å². The van der Waals surface area contributed by atoms with E-state index in [-0.39, 0.29) is 11.1 Å². The molecule has 0 fully saturated rings. The molecule has 5 nitrogen and oxygen atoms in total. The van der Waals surface area contributed by atoms with Crippen LogP contribution in [0.1, 0.15) is 21.5 Å². The number of aryl methyl sites for hydroxylation is 1. The van der Waals surface area contributed by atoms with Gasteiger partial charge in [0.25, 0.3) is 11.5 Å². The lowest BCUT2D eigenvalue weighted by Gasteiger charge is -2.06. The quantitative estimate of drug-likeness (QED) is 0.566. The van der Waals surface area contributed by atoms with Gasteiger partial charge in [0.05, 0.1) is 5.69 Å². The van der Waals surface area contributed by atoms with E-state index < -0.39 is 5.91 Å². The Bertz CT molecular complexity index is 1180. The molecule has 0 spiro atoms. The van der Waals surface area contributed by atoms with Crippen molar-refractivity contribution in [3.05, 3.63) is 93.2 Å². The van der Waals surface area contributed by atoms with Crippen molar-refractivity contribution in [3.63, 3.8) is 0 Å². The largest absolute Gasteiger partial charge is 0.351 e. The summed E-state index contributed by atoms with van der Waals surface area (Å²) in [5, 5.41) is 4.72. The molecule has 0 saturated carbocycles. The number of nitrogens with zero attached hydrogens (tertiary/aromatic N) is 2. The molecular formula is C22H19N3O2S. The number of nitrogens with one attached hydrogen (secondary N) is 1. The summed E-state index contributed by atoms with van der Waals surface area (Å²) in [5.74, 6) is -0.399. The van der Waals surface area contributed by atoms with Crippen LogP contribution in [-0.2, 0) is 6.42 Å². The van der Waals surface area contributed by atoms with Crippen molar-refractivity contribution in [2.45, 2.75) is 13.3 Å². The minimum atomic E-state index is -0.399. The summed E-state index contributed by atoms with van der Waals surface area (Å²) >= 11 is 1.38. The van der Waals surface area contributed by atoms with Gasteiger partial charge >= 0.3 is 0 Å². The minimum Gasteiger partial charge on any atom is -0.351 e. The van der Waals surface area contributed by atoms with Crippen molar-refractivity contribution in [1.82, 2.24) is 14.7 Å². The normalized spacial score (nSPS) is 10.9. The Kier molecular flexibility index (Phi) is 5.04. The zero-order valence-corrected chi connectivity index (χ0v) is 16.2. The molecule has 2 heterocycles. The fourth-order valence-electron chi connectivity index (χ4n) is 3.03. The number of carbonyl (C=O) groups excluding carboxylic acids is 1. The Morgan fingerprint density at radius 3 is 2.61 bits per heavy atom. The van der Waals surface area contributed by atoms with E-state index in [9.17, 15) is 9.59 Å². The van der Waals surface area contributed by atoms with Crippen molar-refractivity contribution in [3.8, 4) is 11.3 Å². The summed E-state index contributed by atoms with van der Waals surface area (Å²) < 4.78 is 1.52. The lowest BCUT2D eigenvalue weighted by atomic mass is 10.1. The van der Waals surface area contributed by atoms with E-state index in [0.717, 1.165) is 22.4 Å². The number of carbonyl (C=O) groups is 1. The molecule has 140 valence electrons. The van der Waals surface area contributed by atoms with E-state index in [0.29, 0.717) is 17.9 Å². The van der Waals surface area contributed by atoms with Gasteiger partial charge < -0.3 is 5.32 Å². The van der Waals surface area contributed by atoms with Crippen LogP contribution in [0.3, 0.4) is 0 Å². The SMILES string of the molecule is Cc1ccc(-c2csc3ncc(C(=O)NCCc4ccccc4)c(=O)n23)cc1. The number of aromatic nitrogens is 2. The number of hydrogen-bond acceptors (Lipinski definition) is 4. The molecule has 0 radical (unpaired) electrons. The molecule has 0 aliphatic rings. The maximum absolute atomic E-state index is 13.0. The van der Waals surface area contributed by atoms with Crippen LogP contribution in [0.25, 0.3) is 16.2 Å². The summed E-state index contributed by atoms with van der Waals surface area (Å²) in [7, 11) is 0. The van der Waals surface area contributed by atoms with Crippen molar-refractivity contribution < 1.29 is 4.79 Å². The first-order valence-electron chi connectivity index (χ1n) is 9.02. The van der Waals surface area contributed by atoms with E-state index >= 15 is 0 Å². The number of amides is 1. The highest BCUT2D eigenvalue weighted by Gasteiger charge is 2.16. The van der Waals surface area contributed by atoms with Gasteiger partial charge in [-0.25, -0.2) is 4.98 Å². The average Bonchev–Trinajstić information content (AvgIpc) is 3.14. The van der Waals surface area contributed by atoms with Gasteiger partial charge in [0.1, 0.15) is 5.56 Å². The van der Waals surface area contributed by atoms with Gasteiger partial charge in [0.2, 0.25) is 0 Å². The summed E-state index contributed by atoms with van der Waals surface area (Å²) in [4.78, 5) is 30.4. The standard InChI is InChI=1S/C22H19N3O2S/c1-15-7-9-17(10-8-15)19-14-28-22-24-13-18(21(27)25(19)22)20(26)23-12-11-16-5-3-2-4-6-16/h2-10,13-14H,11-12H2,1H3,(H,23,26). The van der Waals surface area contributed by atoms with Gasteiger partial charge in [0, 0.05) is 18.1 Å². The molecule has 4 rings (SSSR count). The molecule has 0 bridgehead atoms. The van der Waals surface area contributed by atoms with Crippen molar-refractivity contribution >= 4 is 22.2 Å². The second-order valence-electron chi connectivity index (χ2n) is 6.57. The summed E-state index contributed by atoms with van der Waals surface area (Å²) in [6, 6.07) is 17.8. The van der Waals surface area contributed by atoms with Crippen molar-refractivity contribution in [2.24, 2.45) is 0 Å². The number of benzene rings is 2. The van der Waals surface area contributed by atoms with Gasteiger partial charge in [-0.05, 0) is 24.5 Å². The highest BCUT2D eigenvalue weighted by atomic mass is 32.1. The maximum Gasteiger partial charge on any atom is 0.271 e. The summed E-state index contributed by atoms with van der Waals surface area (Å²) in [6.45, 7) is 2.47. The zero-order chi connectivity index (χ0) is 19.5. The second kappa shape index (κ2) is 7.78. The second-order valence-corrected chi connectivity index (χ2v) is 7.41. The van der Waals surface area contributed by atoms with E-state index in [4.69, 9.17) is 0 Å². The van der Waals surface area contributed by atoms with Gasteiger partial charge in [-0.3, -0.25) is 14.0 Å². The van der Waals surface area contributed by atoms with Gasteiger partial charge in [-0.15, -0.1) is 11.3 Å². The smallest absolute Gasteiger partial charge is 0.271 e. The third-order valence-electron chi connectivity index (χ3n) is 4.58. The number of rotatable bonds is 5.